The lowest BCUT2D eigenvalue weighted by Crippen LogP contribution is -2.00. The van der Waals surface area contributed by atoms with Crippen molar-refractivity contribution < 1.29 is 9.13 Å². The number of imidazole rings is 1. The van der Waals surface area contributed by atoms with Crippen LogP contribution in [0.2, 0.25) is 0 Å². The van der Waals surface area contributed by atoms with Gasteiger partial charge in [-0.05, 0) is 24.6 Å². The predicted molar refractivity (Wildman–Crippen MR) is 58.9 cm³/mol. The van der Waals surface area contributed by atoms with Gasteiger partial charge in [0.05, 0.1) is 18.1 Å². The first-order valence-corrected chi connectivity index (χ1v) is 5.03. The van der Waals surface area contributed by atoms with Crippen LogP contribution in [0.1, 0.15) is 18.6 Å². The minimum absolute atomic E-state index is 0.105. The number of ether oxygens (including phenoxy) is 1. The van der Waals surface area contributed by atoms with Crippen molar-refractivity contribution in [1.29, 1.82) is 0 Å². The maximum Gasteiger partial charge on any atom is 0.147 e. The predicted octanol–water partition coefficient (Wildman–Crippen LogP) is 2.72. The van der Waals surface area contributed by atoms with Crippen molar-refractivity contribution >= 4 is 0 Å². The second-order valence-electron chi connectivity index (χ2n) is 3.56. The zero-order valence-electron chi connectivity index (χ0n) is 9.22. The number of rotatable bonds is 3. The number of hydrogen-bond donors (Lipinski definition) is 0. The first-order valence-electron chi connectivity index (χ1n) is 5.03. The summed E-state index contributed by atoms with van der Waals surface area (Å²) in [7, 11) is 1.60. The van der Waals surface area contributed by atoms with Gasteiger partial charge in [0, 0.05) is 19.5 Å². The van der Waals surface area contributed by atoms with Crippen LogP contribution in [0.15, 0.2) is 36.9 Å². The number of aromatic nitrogens is 2. The van der Waals surface area contributed by atoms with E-state index in [0.29, 0.717) is 5.69 Å². The molecule has 1 aromatic heterocycles. The molecule has 0 spiro atoms. The molecule has 0 fully saturated rings. The lowest BCUT2D eigenvalue weighted by molar-refractivity contribution is 0.119. The van der Waals surface area contributed by atoms with Crippen LogP contribution in [0.25, 0.3) is 5.69 Å². The third kappa shape index (κ3) is 1.97. The maximum absolute atomic E-state index is 13.8. The van der Waals surface area contributed by atoms with Gasteiger partial charge in [0.15, 0.2) is 0 Å². The van der Waals surface area contributed by atoms with Crippen molar-refractivity contribution in [3.05, 3.63) is 48.3 Å². The van der Waals surface area contributed by atoms with Crippen LogP contribution in [-0.4, -0.2) is 16.7 Å². The van der Waals surface area contributed by atoms with Gasteiger partial charge in [-0.1, -0.05) is 6.07 Å². The smallest absolute Gasteiger partial charge is 0.147 e. The molecule has 4 heteroatoms. The molecule has 0 N–H and O–H groups in total. The zero-order chi connectivity index (χ0) is 11.5. The summed E-state index contributed by atoms with van der Waals surface area (Å²) in [6.07, 6.45) is 4.78. The van der Waals surface area contributed by atoms with E-state index in [1.54, 1.807) is 36.5 Å². The molecular formula is C12H13FN2O. The summed E-state index contributed by atoms with van der Waals surface area (Å²) in [6.45, 7) is 1.88. The minimum Gasteiger partial charge on any atom is -0.377 e. The lowest BCUT2D eigenvalue weighted by Gasteiger charge is -2.11. The quantitative estimate of drug-likeness (QED) is 0.795. The molecule has 1 aromatic carbocycles. The Balaban J connectivity index is 2.37. The topological polar surface area (TPSA) is 27.1 Å². The van der Waals surface area contributed by atoms with Gasteiger partial charge in [-0.3, -0.25) is 0 Å². The van der Waals surface area contributed by atoms with Crippen LogP contribution < -0.4 is 0 Å². The fourth-order valence-corrected chi connectivity index (χ4v) is 1.52. The Bertz CT molecular complexity index is 468. The molecule has 0 aliphatic heterocycles. The van der Waals surface area contributed by atoms with Gasteiger partial charge in [-0.2, -0.15) is 0 Å². The third-order valence-electron chi connectivity index (χ3n) is 2.58. The summed E-state index contributed by atoms with van der Waals surface area (Å²) in [5.74, 6) is -0.278. The second kappa shape index (κ2) is 4.45. The molecule has 0 saturated carbocycles. The van der Waals surface area contributed by atoms with Crippen molar-refractivity contribution in [2.75, 3.05) is 7.11 Å². The van der Waals surface area contributed by atoms with Gasteiger partial charge in [-0.25, -0.2) is 9.37 Å². The summed E-state index contributed by atoms with van der Waals surface area (Å²) in [4.78, 5) is 3.88. The Morgan fingerprint density at radius 3 is 2.81 bits per heavy atom. The Labute approximate surface area is 93.5 Å². The highest BCUT2D eigenvalue weighted by molar-refractivity contribution is 5.37. The van der Waals surface area contributed by atoms with Crippen molar-refractivity contribution in [3.63, 3.8) is 0 Å². The summed E-state index contributed by atoms with van der Waals surface area (Å²) >= 11 is 0. The molecule has 1 atom stereocenters. The normalized spacial score (nSPS) is 12.7. The molecule has 2 aromatic rings. The number of nitrogens with zero attached hydrogens (tertiary/aromatic N) is 2. The zero-order valence-corrected chi connectivity index (χ0v) is 9.22. The van der Waals surface area contributed by atoms with Crippen LogP contribution in [0, 0.1) is 5.82 Å². The minimum atomic E-state index is -0.278. The highest BCUT2D eigenvalue weighted by Gasteiger charge is 2.09. The van der Waals surface area contributed by atoms with E-state index in [9.17, 15) is 4.39 Å². The summed E-state index contributed by atoms with van der Waals surface area (Å²) < 4.78 is 20.6. The fourth-order valence-electron chi connectivity index (χ4n) is 1.52. The molecular weight excluding hydrogens is 207 g/mol. The average molecular weight is 220 g/mol. The van der Waals surface area contributed by atoms with Crippen molar-refractivity contribution in [2.24, 2.45) is 0 Å². The van der Waals surface area contributed by atoms with Crippen LogP contribution in [-0.2, 0) is 4.74 Å². The van der Waals surface area contributed by atoms with E-state index in [4.69, 9.17) is 4.74 Å². The first kappa shape index (κ1) is 10.8. The Hall–Kier alpha value is -1.68. The van der Waals surface area contributed by atoms with E-state index >= 15 is 0 Å². The van der Waals surface area contributed by atoms with Crippen LogP contribution in [0.4, 0.5) is 4.39 Å². The molecule has 1 unspecified atom stereocenters. The molecule has 84 valence electrons. The van der Waals surface area contributed by atoms with Gasteiger partial charge in [0.1, 0.15) is 5.82 Å². The average Bonchev–Trinajstić information content (AvgIpc) is 2.81. The Morgan fingerprint density at radius 2 is 2.25 bits per heavy atom. The maximum atomic E-state index is 13.8. The van der Waals surface area contributed by atoms with E-state index < -0.39 is 0 Å². The van der Waals surface area contributed by atoms with E-state index in [-0.39, 0.29) is 11.9 Å². The Morgan fingerprint density at radius 1 is 1.44 bits per heavy atom. The molecule has 16 heavy (non-hydrogen) atoms. The molecule has 0 radical (unpaired) electrons. The monoisotopic (exact) mass is 220 g/mol. The molecule has 3 nitrogen and oxygen atoms in total. The second-order valence-corrected chi connectivity index (χ2v) is 3.56. The third-order valence-corrected chi connectivity index (χ3v) is 2.58. The van der Waals surface area contributed by atoms with Gasteiger partial charge in [-0.15, -0.1) is 0 Å². The SMILES string of the molecule is COC(C)c1ccc(-n2ccnc2)c(F)c1. The lowest BCUT2D eigenvalue weighted by atomic mass is 10.1. The molecule has 0 bridgehead atoms. The highest BCUT2D eigenvalue weighted by atomic mass is 19.1. The van der Waals surface area contributed by atoms with Crippen LogP contribution >= 0.6 is 0 Å². The van der Waals surface area contributed by atoms with E-state index in [1.807, 2.05) is 13.0 Å². The summed E-state index contributed by atoms with van der Waals surface area (Å²) in [5.41, 5.74) is 1.31. The number of hydrogen-bond acceptors (Lipinski definition) is 2. The van der Waals surface area contributed by atoms with E-state index in [0.717, 1.165) is 5.56 Å². The first-order chi connectivity index (χ1) is 7.72. The van der Waals surface area contributed by atoms with Crippen LogP contribution in [0.5, 0.6) is 0 Å². The van der Waals surface area contributed by atoms with Gasteiger partial charge in [0.25, 0.3) is 0 Å². The van der Waals surface area contributed by atoms with Crippen molar-refractivity contribution in [3.8, 4) is 5.69 Å². The number of benzene rings is 1. The molecule has 0 aliphatic rings. The standard InChI is InChI=1S/C12H13FN2O/c1-9(16-2)10-3-4-12(11(13)7-10)15-6-5-14-8-15/h3-9H,1-2H3. The molecule has 1 heterocycles. The molecule has 0 amide bonds. The van der Waals surface area contributed by atoms with E-state index in [2.05, 4.69) is 4.98 Å². The fraction of sp³-hybridized carbons (Fsp3) is 0.250. The van der Waals surface area contributed by atoms with Crippen molar-refractivity contribution in [1.82, 2.24) is 9.55 Å². The molecule has 0 aliphatic carbocycles. The largest absolute Gasteiger partial charge is 0.377 e. The Kier molecular flexibility index (Phi) is 3.01. The van der Waals surface area contributed by atoms with Crippen molar-refractivity contribution in [2.45, 2.75) is 13.0 Å². The number of methoxy groups -OCH3 is 1. The summed E-state index contributed by atoms with van der Waals surface area (Å²) in [6, 6.07) is 5.07. The van der Waals surface area contributed by atoms with Gasteiger partial charge < -0.3 is 9.30 Å². The number of halogens is 1. The van der Waals surface area contributed by atoms with Gasteiger partial charge >= 0.3 is 0 Å². The van der Waals surface area contributed by atoms with E-state index in [1.165, 1.54) is 6.07 Å². The van der Waals surface area contributed by atoms with Gasteiger partial charge in [0.2, 0.25) is 0 Å². The molecule has 0 saturated heterocycles. The molecule has 2 rings (SSSR count). The highest BCUT2D eigenvalue weighted by Crippen LogP contribution is 2.21. The van der Waals surface area contributed by atoms with Crippen LogP contribution in [0.3, 0.4) is 0 Å². The summed E-state index contributed by atoms with van der Waals surface area (Å²) in [5, 5.41) is 0.